The topological polar surface area (TPSA) is 9.23 Å². The van der Waals surface area contributed by atoms with Gasteiger partial charge in [-0.05, 0) is 53.6 Å². The quantitative estimate of drug-likeness (QED) is 0.299. The fourth-order valence-electron chi connectivity index (χ4n) is 3.53. The van der Waals surface area contributed by atoms with Crippen LogP contribution in [0.5, 0.6) is 5.75 Å². The average Bonchev–Trinajstić information content (AvgIpc) is 2.75. The van der Waals surface area contributed by atoms with Gasteiger partial charge < -0.3 is 4.74 Å². The number of hydrogen-bond donors (Lipinski definition) is 0. The molecule has 0 amide bonds. The second-order valence-electron chi connectivity index (χ2n) is 7.79. The number of hydrogen-bond acceptors (Lipinski definition) is 1. The lowest BCUT2D eigenvalue weighted by Crippen LogP contribution is -2.26. The van der Waals surface area contributed by atoms with Crippen LogP contribution >= 0.6 is 0 Å². The van der Waals surface area contributed by atoms with Gasteiger partial charge in [-0.15, -0.1) is 0 Å². The van der Waals surface area contributed by atoms with Gasteiger partial charge in [-0.25, -0.2) is 13.2 Å². The lowest BCUT2D eigenvalue weighted by Gasteiger charge is -2.20. The zero-order chi connectivity index (χ0) is 23.3. The minimum Gasteiger partial charge on any atom is -0.429 e. The van der Waals surface area contributed by atoms with E-state index >= 15 is 0 Å². The molecule has 0 aliphatic heterocycles. The van der Waals surface area contributed by atoms with Crippen molar-refractivity contribution in [2.75, 3.05) is 0 Å². The summed E-state index contributed by atoms with van der Waals surface area (Å²) in [6.07, 6.45) is -5.46. The van der Waals surface area contributed by atoms with Gasteiger partial charge in [-0.1, -0.05) is 67.9 Å². The van der Waals surface area contributed by atoms with Crippen molar-refractivity contribution >= 4 is 0 Å². The molecule has 0 unspecified atom stereocenters. The summed E-state index contributed by atoms with van der Waals surface area (Å²) in [6.45, 7) is 3.41. The molecule has 0 N–H and O–H groups in total. The monoisotopic (exact) mass is 448 g/mol. The van der Waals surface area contributed by atoms with E-state index in [1.54, 1.807) is 12.1 Å². The summed E-state index contributed by atoms with van der Waals surface area (Å²) in [5.41, 5.74) is 3.00. The molecule has 170 valence electrons. The molecule has 0 heterocycles. The Labute approximate surface area is 184 Å². The van der Waals surface area contributed by atoms with Crippen molar-refractivity contribution in [3.8, 4) is 16.9 Å². The van der Waals surface area contributed by atoms with E-state index < -0.39 is 36.1 Å². The normalized spacial score (nSPS) is 11.8. The van der Waals surface area contributed by atoms with Crippen LogP contribution in [0.2, 0.25) is 0 Å². The summed E-state index contributed by atoms with van der Waals surface area (Å²) in [4.78, 5) is 0. The standard InChI is InChI=1S/C26H25F5O/c1-3-4-18-6-10-20(11-7-18)21-12-8-19(9-13-21)15-16-26(30,31)32-22-14-5-17(2)23(24(22)27)25(28)29/h5-14,25H,3-4,15-16H2,1-2H3. The van der Waals surface area contributed by atoms with E-state index in [2.05, 4.69) is 23.8 Å². The van der Waals surface area contributed by atoms with Crippen LogP contribution in [-0.2, 0) is 12.8 Å². The zero-order valence-corrected chi connectivity index (χ0v) is 18.0. The first-order valence-electron chi connectivity index (χ1n) is 10.5. The van der Waals surface area contributed by atoms with Gasteiger partial charge in [-0.3, -0.25) is 0 Å². The smallest absolute Gasteiger partial charge is 0.398 e. The molecule has 0 fully saturated rings. The molecule has 0 atom stereocenters. The molecule has 0 spiro atoms. The van der Waals surface area contributed by atoms with Gasteiger partial charge in [-0.2, -0.15) is 8.78 Å². The van der Waals surface area contributed by atoms with Crippen LogP contribution in [0.25, 0.3) is 11.1 Å². The van der Waals surface area contributed by atoms with Gasteiger partial charge in [0.2, 0.25) is 0 Å². The predicted molar refractivity (Wildman–Crippen MR) is 116 cm³/mol. The van der Waals surface area contributed by atoms with Crippen LogP contribution in [0, 0.1) is 12.7 Å². The molecule has 3 aromatic carbocycles. The molecule has 0 saturated carbocycles. The van der Waals surface area contributed by atoms with Crippen molar-refractivity contribution in [2.45, 2.75) is 52.1 Å². The Hall–Kier alpha value is -2.89. The first kappa shape index (κ1) is 23.8. The van der Waals surface area contributed by atoms with E-state index in [1.165, 1.54) is 12.5 Å². The lowest BCUT2D eigenvalue weighted by atomic mass is 10.00. The summed E-state index contributed by atoms with van der Waals surface area (Å²) in [6, 6.07) is 17.5. The summed E-state index contributed by atoms with van der Waals surface area (Å²) < 4.78 is 73.2. The second-order valence-corrected chi connectivity index (χ2v) is 7.79. The lowest BCUT2D eigenvalue weighted by molar-refractivity contribution is -0.181. The average molecular weight is 448 g/mol. The molecule has 0 aliphatic carbocycles. The van der Waals surface area contributed by atoms with Crippen molar-refractivity contribution < 1.29 is 26.7 Å². The van der Waals surface area contributed by atoms with Gasteiger partial charge in [0.1, 0.15) is 0 Å². The number of halogens is 5. The highest BCUT2D eigenvalue weighted by Gasteiger charge is 2.33. The van der Waals surface area contributed by atoms with E-state index in [-0.39, 0.29) is 12.0 Å². The van der Waals surface area contributed by atoms with Gasteiger partial charge in [0.25, 0.3) is 6.43 Å². The molecule has 0 aliphatic rings. The number of benzene rings is 3. The van der Waals surface area contributed by atoms with Gasteiger partial charge >= 0.3 is 6.11 Å². The Morgan fingerprint density at radius 2 is 1.34 bits per heavy atom. The maximum absolute atomic E-state index is 14.3. The van der Waals surface area contributed by atoms with Crippen molar-refractivity contribution in [3.05, 3.63) is 88.7 Å². The largest absolute Gasteiger partial charge is 0.429 e. The van der Waals surface area contributed by atoms with Crippen molar-refractivity contribution in [3.63, 3.8) is 0 Å². The number of ether oxygens (including phenoxy) is 1. The highest BCUT2D eigenvalue weighted by atomic mass is 19.3. The highest BCUT2D eigenvalue weighted by molar-refractivity contribution is 5.64. The van der Waals surface area contributed by atoms with Crippen LogP contribution in [0.3, 0.4) is 0 Å². The maximum atomic E-state index is 14.3. The Bertz CT molecular complexity index is 1030. The summed E-state index contributed by atoms with van der Waals surface area (Å²) >= 11 is 0. The molecule has 1 nitrogen and oxygen atoms in total. The van der Waals surface area contributed by atoms with E-state index in [0.717, 1.165) is 36.1 Å². The Morgan fingerprint density at radius 3 is 1.84 bits per heavy atom. The summed E-state index contributed by atoms with van der Waals surface area (Å²) in [5.74, 6) is -2.33. The molecule has 6 heteroatoms. The van der Waals surface area contributed by atoms with E-state index in [0.29, 0.717) is 5.56 Å². The van der Waals surface area contributed by atoms with Crippen molar-refractivity contribution in [2.24, 2.45) is 0 Å². The Balaban J connectivity index is 1.64. The molecule has 0 radical (unpaired) electrons. The Kier molecular flexibility index (Phi) is 7.54. The van der Waals surface area contributed by atoms with Crippen LogP contribution in [-0.4, -0.2) is 6.11 Å². The molecule has 0 aromatic heterocycles. The number of alkyl halides is 4. The zero-order valence-electron chi connectivity index (χ0n) is 18.0. The summed E-state index contributed by atoms with van der Waals surface area (Å²) in [5, 5.41) is 0. The van der Waals surface area contributed by atoms with Crippen molar-refractivity contribution in [1.29, 1.82) is 0 Å². The minimum absolute atomic E-state index is 0.0160. The fourth-order valence-corrected chi connectivity index (χ4v) is 3.53. The highest BCUT2D eigenvalue weighted by Crippen LogP contribution is 2.35. The fraction of sp³-hybridized carbons (Fsp3) is 0.308. The third-order valence-electron chi connectivity index (χ3n) is 5.32. The summed E-state index contributed by atoms with van der Waals surface area (Å²) in [7, 11) is 0. The molecule has 3 rings (SSSR count). The first-order valence-corrected chi connectivity index (χ1v) is 10.5. The first-order chi connectivity index (χ1) is 15.2. The van der Waals surface area contributed by atoms with Crippen LogP contribution < -0.4 is 4.74 Å². The third-order valence-corrected chi connectivity index (χ3v) is 5.32. The van der Waals surface area contributed by atoms with Gasteiger partial charge in [0, 0.05) is 0 Å². The number of rotatable bonds is 9. The molecular formula is C26H25F5O. The molecule has 0 saturated heterocycles. The van der Waals surface area contributed by atoms with Gasteiger partial charge in [0.15, 0.2) is 11.6 Å². The maximum Gasteiger partial charge on any atom is 0.398 e. The second kappa shape index (κ2) is 10.2. The van der Waals surface area contributed by atoms with Crippen LogP contribution in [0.15, 0.2) is 60.7 Å². The molecule has 32 heavy (non-hydrogen) atoms. The SMILES string of the molecule is CCCc1ccc(-c2ccc(CCC(F)(F)Oc3ccc(C)c(C(F)F)c3F)cc2)cc1. The molecule has 3 aromatic rings. The minimum atomic E-state index is -3.71. The molecule has 0 bridgehead atoms. The van der Waals surface area contributed by atoms with E-state index in [9.17, 15) is 22.0 Å². The predicted octanol–water partition coefficient (Wildman–Crippen LogP) is 8.30. The number of aryl methyl sites for hydroxylation is 3. The van der Waals surface area contributed by atoms with Gasteiger partial charge in [0.05, 0.1) is 12.0 Å². The third kappa shape index (κ3) is 5.87. The van der Waals surface area contributed by atoms with Crippen LogP contribution in [0.4, 0.5) is 22.0 Å². The van der Waals surface area contributed by atoms with Crippen LogP contribution in [0.1, 0.15) is 48.4 Å². The van der Waals surface area contributed by atoms with Crippen molar-refractivity contribution in [1.82, 2.24) is 0 Å². The Morgan fingerprint density at radius 1 is 0.812 bits per heavy atom. The molecular weight excluding hydrogens is 423 g/mol. The van der Waals surface area contributed by atoms with E-state index in [1.807, 2.05) is 24.3 Å². The van der Waals surface area contributed by atoms with E-state index in [4.69, 9.17) is 0 Å².